The molecule has 1 atom stereocenters. The van der Waals surface area contributed by atoms with Crippen LogP contribution >= 0.6 is 11.6 Å². The molecule has 0 amide bonds. The molecule has 0 radical (unpaired) electrons. The average molecular weight is 318 g/mol. The third kappa shape index (κ3) is 4.47. The number of halogens is 1. The SMILES string of the molecule is Clc1ccc(CN2CCOCC(Oc3ccccc3)C2)cc1. The van der Waals surface area contributed by atoms with E-state index in [0.29, 0.717) is 6.61 Å². The number of hydrogen-bond donors (Lipinski definition) is 0. The van der Waals surface area contributed by atoms with Crippen molar-refractivity contribution in [2.45, 2.75) is 12.6 Å². The Morgan fingerprint density at radius 1 is 1.09 bits per heavy atom. The maximum atomic E-state index is 6.03. The number of rotatable bonds is 4. The van der Waals surface area contributed by atoms with Crippen LogP contribution in [0.2, 0.25) is 5.02 Å². The highest BCUT2D eigenvalue weighted by atomic mass is 35.5. The zero-order chi connectivity index (χ0) is 15.2. The number of benzene rings is 2. The van der Waals surface area contributed by atoms with Gasteiger partial charge in [0.25, 0.3) is 0 Å². The van der Waals surface area contributed by atoms with Crippen LogP contribution in [0.15, 0.2) is 54.6 Å². The van der Waals surface area contributed by atoms with Crippen molar-refractivity contribution < 1.29 is 9.47 Å². The molecule has 1 saturated heterocycles. The molecule has 116 valence electrons. The van der Waals surface area contributed by atoms with Crippen LogP contribution in [-0.4, -0.2) is 37.3 Å². The van der Waals surface area contributed by atoms with Gasteiger partial charge in [0.1, 0.15) is 11.9 Å². The second-order valence-corrected chi connectivity index (χ2v) is 5.93. The Balaban J connectivity index is 1.61. The molecule has 0 aromatic heterocycles. The van der Waals surface area contributed by atoms with Gasteiger partial charge in [0.15, 0.2) is 0 Å². The first-order valence-corrected chi connectivity index (χ1v) is 7.93. The summed E-state index contributed by atoms with van der Waals surface area (Å²) in [5.41, 5.74) is 1.25. The summed E-state index contributed by atoms with van der Waals surface area (Å²) < 4.78 is 11.7. The van der Waals surface area contributed by atoms with Crippen molar-refractivity contribution >= 4 is 11.6 Å². The average Bonchev–Trinajstić information content (AvgIpc) is 2.76. The largest absolute Gasteiger partial charge is 0.487 e. The van der Waals surface area contributed by atoms with E-state index in [1.165, 1.54) is 5.56 Å². The van der Waals surface area contributed by atoms with Crippen LogP contribution < -0.4 is 4.74 Å². The topological polar surface area (TPSA) is 21.7 Å². The lowest BCUT2D eigenvalue weighted by atomic mass is 10.2. The van der Waals surface area contributed by atoms with Crippen molar-refractivity contribution in [3.05, 3.63) is 65.2 Å². The van der Waals surface area contributed by atoms with Gasteiger partial charge in [-0.1, -0.05) is 41.9 Å². The van der Waals surface area contributed by atoms with Gasteiger partial charge in [-0.15, -0.1) is 0 Å². The van der Waals surface area contributed by atoms with Gasteiger partial charge in [0, 0.05) is 24.7 Å². The predicted octanol–water partition coefficient (Wildman–Crippen LogP) is 3.62. The summed E-state index contributed by atoms with van der Waals surface area (Å²) in [6.07, 6.45) is 0.0530. The molecule has 0 bridgehead atoms. The Labute approximate surface area is 136 Å². The van der Waals surface area contributed by atoms with Crippen LogP contribution in [0.4, 0.5) is 0 Å². The molecule has 0 saturated carbocycles. The van der Waals surface area contributed by atoms with Crippen molar-refractivity contribution in [2.75, 3.05) is 26.3 Å². The Morgan fingerprint density at radius 3 is 2.64 bits per heavy atom. The number of para-hydroxylation sites is 1. The summed E-state index contributed by atoms with van der Waals surface area (Å²) in [7, 11) is 0. The minimum absolute atomic E-state index is 0.0530. The maximum Gasteiger partial charge on any atom is 0.135 e. The monoisotopic (exact) mass is 317 g/mol. The molecule has 1 fully saturated rings. The lowest BCUT2D eigenvalue weighted by Crippen LogP contribution is -2.35. The lowest BCUT2D eigenvalue weighted by Gasteiger charge is -2.24. The minimum Gasteiger partial charge on any atom is -0.487 e. The number of hydrogen-bond acceptors (Lipinski definition) is 3. The molecule has 0 spiro atoms. The fourth-order valence-corrected chi connectivity index (χ4v) is 2.72. The molecule has 22 heavy (non-hydrogen) atoms. The standard InChI is InChI=1S/C18H20ClNO2/c19-16-8-6-15(7-9-16)12-20-10-11-21-14-18(13-20)22-17-4-2-1-3-5-17/h1-9,18H,10-14H2. The highest BCUT2D eigenvalue weighted by molar-refractivity contribution is 6.30. The molecule has 2 aromatic carbocycles. The van der Waals surface area contributed by atoms with E-state index < -0.39 is 0 Å². The zero-order valence-corrected chi connectivity index (χ0v) is 13.2. The van der Waals surface area contributed by atoms with E-state index >= 15 is 0 Å². The van der Waals surface area contributed by atoms with Gasteiger partial charge in [0.05, 0.1) is 13.2 Å². The molecule has 1 aliphatic rings. The van der Waals surface area contributed by atoms with Crippen LogP contribution in [0.1, 0.15) is 5.56 Å². The molecule has 4 heteroatoms. The normalized spacial score (nSPS) is 19.6. The van der Waals surface area contributed by atoms with E-state index in [-0.39, 0.29) is 6.10 Å². The fraction of sp³-hybridized carbons (Fsp3) is 0.333. The maximum absolute atomic E-state index is 6.03. The van der Waals surface area contributed by atoms with E-state index in [0.717, 1.165) is 37.0 Å². The van der Waals surface area contributed by atoms with Gasteiger partial charge >= 0.3 is 0 Å². The van der Waals surface area contributed by atoms with Crippen molar-refractivity contribution in [2.24, 2.45) is 0 Å². The van der Waals surface area contributed by atoms with Crippen LogP contribution in [0, 0.1) is 0 Å². The van der Waals surface area contributed by atoms with Crippen molar-refractivity contribution in [1.82, 2.24) is 4.90 Å². The third-order valence-electron chi connectivity index (χ3n) is 3.68. The van der Waals surface area contributed by atoms with Crippen molar-refractivity contribution in [3.63, 3.8) is 0 Å². The van der Waals surface area contributed by atoms with Gasteiger partial charge < -0.3 is 9.47 Å². The fourth-order valence-electron chi connectivity index (χ4n) is 2.59. The summed E-state index contributed by atoms with van der Waals surface area (Å²) in [6, 6.07) is 17.9. The Morgan fingerprint density at radius 2 is 1.86 bits per heavy atom. The van der Waals surface area contributed by atoms with Crippen LogP contribution in [0.3, 0.4) is 0 Å². The molecule has 3 rings (SSSR count). The Hall–Kier alpha value is -1.55. The van der Waals surface area contributed by atoms with Gasteiger partial charge in [-0.2, -0.15) is 0 Å². The van der Waals surface area contributed by atoms with Crippen molar-refractivity contribution in [3.8, 4) is 5.75 Å². The number of ether oxygens (including phenoxy) is 2. The quantitative estimate of drug-likeness (QED) is 0.859. The van der Waals surface area contributed by atoms with Crippen LogP contribution in [0.5, 0.6) is 5.75 Å². The molecular weight excluding hydrogens is 298 g/mol. The summed E-state index contributed by atoms with van der Waals surface area (Å²) in [5.74, 6) is 0.893. The first-order chi connectivity index (χ1) is 10.8. The predicted molar refractivity (Wildman–Crippen MR) is 88.4 cm³/mol. The van der Waals surface area contributed by atoms with Crippen LogP contribution in [0.25, 0.3) is 0 Å². The van der Waals surface area contributed by atoms with E-state index in [1.54, 1.807) is 0 Å². The van der Waals surface area contributed by atoms with Gasteiger partial charge in [-0.25, -0.2) is 0 Å². The highest BCUT2D eigenvalue weighted by Gasteiger charge is 2.20. The van der Waals surface area contributed by atoms with Crippen molar-refractivity contribution in [1.29, 1.82) is 0 Å². The molecular formula is C18H20ClNO2. The van der Waals surface area contributed by atoms with E-state index in [9.17, 15) is 0 Å². The van der Waals surface area contributed by atoms with Crippen LogP contribution in [-0.2, 0) is 11.3 Å². The first-order valence-electron chi connectivity index (χ1n) is 7.56. The molecule has 1 heterocycles. The second-order valence-electron chi connectivity index (χ2n) is 5.49. The number of nitrogens with zero attached hydrogens (tertiary/aromatic N) is 1. The van der Waals surface area contributed by atoms with Gasteiger partial charge in [-0.3, -0.25) is 4.90 Å². The van der Waals surface area contributed by atoms with Gasteiger partial charge in [0.2, 0.25) is 0 Å². The summed E-state index contributed by atoms with van der Waals surface area (Å²) in [4.78, 5) is 2.36. The molecule has 3 nitrogen and oxygen atoms in total. The Bertz CT molecular complexity index is 573. The molecule has 0 aliphatic carbocycles. The lowest BCUT2D eigenvalue weighted by molar-refractivity contribution is 0.0710. The summed E-state index contributed by atoms with van der Waals surface area (Å²) in [5, 5.41) is 0.772. The molecule has 2 aromatic rings. The molecule has 0 N–H and O–H groups in total. The van der Waals surface area contributed by atoms with Gasteiger partial charge in [-0.05, 0) is 29.8 Å². The summed E-state index contributed by atoms with van der Waals surface area (Å²) in [6.45, 7) is 4.03. The van der Waals surface area contributed by atoms with E-state index in [1.807, 2.05) is 42.5 Å². The highest BCUT2D eigenvalue weighted by Crippen LogP contribution is 2.16. The van der Waals surface area contributed by atoms with E-state index in [4.69, 9.17) is 21.1 Å². The van der Waals surface area contributed by atoms with E-state index in [2.05, 4.69) is 17.0 Å². The molecule has 1 aliphatic heterocycles. The zero-order valence-electron chi connectivity index (χ0n) is 12.5. The third-order valence-corrected chi connectivity index (χ3v) is 3.93. The summed E-state index contributed by atoms with van der Waals surface area (Å²) >= 11 is 5.94. The Kier molecular flexibility index (Phi) is 5.33. The smallest absolute Gasteiger partial charge is 0.135 e. The second kappa shape index (κ2) is 7.63. The first kappa shape index (κ1) is 15.3. The molecule has 1 unspecified atom stereocenters. The minimum atomic E-state index is 0.0530.